The first-order valence-electron chi connectivity index (χ1n) is 10.7. The number of alkyl halides is 3. The van der Waals surface area contributed by atoms with Gasteiger partial charge in [-0.15, -0.1) is 0 Å². The van der Waals surface area contributed by atoms with Gasteiger partial charge >= 0.3 is 10.3 Å². The average Bonchev–Trinajstić information content (AvgIpc) is 3.01. The van der Waals surface area contributed by atoms with Gasteiger partial charge in [0, 0.05) is 24.9 Å². The van der Waals surface area contributed by atoms with E-state index in [1.54, 1.807) is 6.92 Å². The maximum atomic E-state index is 13.1. The number of nitrogens with one attached hydrogen (secondary N) is 1. The number of hydrogen-bond acceptors (Lipinski definition) is 5. The average molecular weight is 544 g/mol. The minimum Gasteiger partial charge on any atom is -0.285 e. The van der Waals surface area contributed by atoms with Crippen molar-refractivity contribution in [1.29, 1.82) is 0 Å². The van der Waals surface area contributed by atoms with Crippen molar-refractivity contribution in [1.82, 2.24) is 9.62 Å². The zero-order chi connectivity index (χ0) is 24.6. The molecule has 1 heterocycles. The number of amides is 2. The Kier molecular flexibility index (Phi) is 5.78. The van der Waals surface area contributed by atoms with Gasteiger partial charge in [-0.25, -0.2) is 0 Å². The molecule has 1 aliphatic heterocycles. The van der Waals surface area contributed by atoms with Crippen molar-refractivity contribution in [3.63, 3.8) is 0 Å². The lowest BCUT2D eigenvalue weighted by Crippen LogP contribution is -2.41. The summed E-state index contributed by atoms with van der Waals surface area (Å²) < 4.78 is 29.9. The van der Waals surface area contributed by atoms with Gasteiger partial charge in [0.2, 0.25) is 15.6 Å². The molecule has 4 aliphatic rings. The molecule has 34 heavy (non-hydrogen) atoms. The fourth-order valence-electron chi connectivity index (χ4n) is 5.63. The minimum atomic E-state index is -4.19. The van der Waals surface area contributed by atoms with E-state index >= 15 is 0 Å². The van der Waals surface area contributed by atoms with Crippen LogP contribution in [0.15, 0.2) is 42.5 Å². The maximum Gasteiger partial charge on any atom is 0.336 e. The number of halogens is 3. The first-order chi connectivity index (χ1) is 15.9. The lowest BCUT2D eigenvalue weighted by Gasteiger charge is -2.46. The van der Waals surface area contributed by atoms with E-state index in [0.717, 1.165) is 22.3 Å². The van der Waals surface area contributed by atoms with Crippen LogP contribution in [-0.2, 0) is 24.1 Å². The Morgan fingerprint density at radius 1 is 0.971 bits per heavy atom. The van der Waals surface area contributed by atoms with E-state index < -0.39 is 38.6 Å². The molecule has 2 amide bonds. The number of benzene rings is 2. The van der Waals surface area contributed by atoms with E-state index in [0.29, 0.717) is 5.56 Å². The molecule has 2 aromatic carbocycles. The molecule has 180 valence electrons. The third-order valence-electron chi connectivity index (χ3n) is 6.98. The molecule has 0 aromatic heterocycles. The van der Waals surface area contributed by atoms with E-state index in [4.69, 9.17) is 39.0 Å². The van der Waals surface area contributed by atoms with Gasteiger partial charge in [-0.2, -0.15) is 13.1 Å². The second kappa shape index (κ2) is 8.18. The van der Waals surface area contributed by atoms with Gasteiger partial charge in [0.15, 0.2) is 0 Å². The third kappa shape index (κ3) is 3.85. The van der Waals surface area contributed by atoms with Crippen LogP contribution in [0.3, 0.4) is 0 Å². The van der Waals surface area contributed by atoms with E-state index in [9.17, 15) is 18.0 Å². The van der Waals surface area contributed by atoms with Gasteiger partial charge < -0.3 is 0 Å². The Balaban J connectivity index is 1.52. The largest absolute Gasteiger partial charge is 0.336 e. The number of nitrogens with zero attached hydrogens (tertiary/aromatic N) is 1. The molecule has 1 saturated heterocycles. The first kappa shape index (κ1) is 24.0. The van der Waals surface area contributed by atoms with Crippen LogP contribution < -0.4 is 4.72 Å². The van der Waals surface area contributed by atoms with Gasteiger partial charge in [-0.3, -0.25) is 18.7 Å². The molecule has 5 atom stereocenters. The van der Waals surface area contributed by atoms with Gasteiger partial charge in [0.25, 0.3) is 0 Å². The van der Waals surface area contributed by atoms with Crippen molar-refractivity contribution < 1.29 is 22.2 Å². The van der Waals surface area contributed by atoms with Crippen LogP contribution in [0.25, 0.3) is 0 Å². The van der Waals surface area contributed by atoms with Crippen LogP contribution >= 0.6 is 34.8 Å². The number of rotatable bonds is 5. The monoisotopic (exact) mass is 542 g/mol. The standard InChI is InChI=1S/C23H21Cl3N2O5S/c1-11(27-34(31,32)33-10-23(24,25)26)12-7-8-15-16(9-12)18-14-6-4-3-5-13(14)17(15)19-20(18)22(30)28(2)21(19)29/h3-9,11,17-20,27H,10H2,1-2H3. The molecular formula is C23H21Cl3N2O5S. The maximum absolute atomic E-state index is 13.1. The number of likely N-dealkylation sites (tertiary alicyclic amines) is 1. The highest BCUT2D eigenvalue weighted by molar-refractivity contribution is 7.84. The van der Waals surface area contributed by atoms with Crippen LogP contribution in [0.5, 0.6) is 0 Å². The number of carbonyl (C=O) groups is 2. The molecule has 2 bridgehead atoms. The van der Waals surface area contributed by atoms with E-state index in [1.165, 1.54) is 11.9 Å². The molecule has 1 fully saturated rings. The Morgan fingerprint density at radius 3 is 2.06 bits per heavy atom. The van der Waals surface area contributed by atoms with Crippen molar-refractivity contribution in [3.05, 3.63) is 70.3 Å². The van der Waals surface area contributed by atoms with Crippen LogP contribution in [0.1, 0.15) is 52.6 Å². The van der Waals surface area contributed by atoms with Crippen LogP contribution in [0.2, 0.25) is 0 Å². The van der Waals surface area contributed by atoms with Crippen molar-refractivity contribution in [2.24, 2.45) is 11.8 Å². The summed E-state index contributed by atoms with van der Waals surface area (Å²) >= 11 is 16.8. The summed E-state index contributed by atoms with van der Waals surface area (Å²) in [5.74, 6) is -1.74. The second-order valence-corrected chi connectivity index (χ2v) is 12.8. The zero-order valence-corrected chi connectivity index (χ0v) is 21.3. The summed E-state index contributed by atoms with van der Waals surface area (Å²) in [6.07, 6.45) is 0. The highest BCUT2D eigenvalue weighted by Crippen LogP contribution is 2.61. The van der Waals surface area contributed by atoms with Crippen molar-refractivity contribution in [2.45, 2.75) is 28.6 Å². The minimum absolute atomic E-state index is 0.151. The fraction of sp³-hybridized carbons (Fsp3) is 0.391. The normalized spacial score (nSPS) is 26.3. The number of hydrogen-bond donors (Lipinski definition) is 1. The predicted molar refractivity (Wildman–Crippen MR) is 128 cm³/mol. The summed E-state index contributed by atoms with van der Waals surface area (Å²) in [6, 6.07) is 12.9. The predicted octanol–water partition coefficient (Wildman–Crippen LogP) is 3.79. The molecule has 0 spiro atoms. The third-order valence-corrected chi connectivity index (χ3v) is 8.38. The fourth-order valence-corrected chi connectivity index (χ4v) is 6.95. The number of imide groups is 1. The Morgan fingerprint density at radius 2 is 1.50 bits per heavy atom. The van der Waals surface area contributed by atoms with Crippen LogP contribution in [0, 0.1) is 11.8 Å². The summed E-state index contributed by atoms with van der Waals surface area (Å²) in [5.41, 5.74) is 4.72. The molecule has 1 N–H and O–H groups in total. The van der Waals surface area contributed by atoms with Crippen LogP contribution in [-0.4, -0.2) is 42.6 Å². The highest BCUT2D eigenvalue weighted by Gasteiger charge is 2.60. The molecule has 6 rings (SSSR count). The summed E-state index contributed by atoms with van der Waals surface area (Å²) in [4.78, 5) is 27.3. The van der Waals surface area contributed by atoms with E-state index in [1.807, 2.05) is 42.5 Å². The Hall–Kier alpha value is -1.68. The lowest BCUT2D eigenvalue weighted by atomic mass is 9.55. The molecule has 3 aliphatic carbocycles. The molecule has 0 radical (unpaired) electrons. The molecule has 11 heteroatoms. The van der Waals surface area contributed by atoms with Gasteiger partial charge in [0.05, 0.1) is 11.8 Å². The van der Waals surface area contributed by atoms with E-state index in [-0.39, 0.29) is 23.7 Å². The molecule has 7 nitrogen and oxygen atoms in total. The summed E-state index contributed by atoms with van der Waals surface area (Å²) in [5, 5.41) is 0. The molecule has 5 unspecified atom stereocenters. The quantitative estimate of drug-likeness (QED) is 0.458. The Bertz CT molecular complexity index is 1310. The van der Waals surface area contributed by atoms with Crippen molar-refractivity contribution >= 4 is 56.9 Å². The first-order valence-corrected chi connectivity index (χ1v) is 13.2. The topological polar surface area (TPSA) is 92.8 Å². The lowest BCUT2D eigenvalue weighted by molar-refractivity contribution is -0.138. The molecule has 0 saturated carbocycles. The smallest absolute Gasteiger partial charge is 0.285 e. The van der Waals surface area contributed by atoms with Gasteiger partial charge in [0.1, 0.15) is 6.61 Å². The Labute approximate surface area is 212 Å². The van der Waals surface area contributed by atoms with Crippen molar-refractivity contribution in [3.8, 4) is 0 Å². The highest BCUT2D eigenvalue weighted by atomic mass is 35.6. The van der Waals surface area contributed by atoms with Crippen molar-refractivity contribution in [2.75, 3.05) is 13.7 Å². The van der Waals surface area contributed by atoms with Crippen LogP contribution in [0.4, 0.5) is 0 Å². The van der Waals surface area contributed by atoms with Gasteiger partial charge in [-0.05, 0) is 34.7 Å². The van der Waals surface area contributed by atoms with Gasteiger partial charge in [-0.1, -0.05) is 77.3 Å². The molecule has 2 aromatic rings. The summed E-state index contributed by atoms with van der Waals surface area (Å²) in [6.45, 7) is 1.05. The summed E-state index contributed by atoms with van der Waals surface area (Å²) in [7, 11) is -2.65. The number of carbonyl (C=O) groups excluding carboxylic acids is 2. The second-order valence-electron chi connectivity index (χ2n) is 8.93. The molecular weight excluding hydrogens is 523 g/mol. The zero-order valence-electron chi connectivity index (χ0n) is 18.2. The van der Waals surface area contributed by atoms with E-state index in [2.05, 4.69) is 4.72 Å². The SMILES string of the molecule is CC(NS(=O)(=O)OCC(Cl)(Cl)Cl)c1ccc2c(c1)C1c3ccccc3C2C2C(=O)N(C)C(=O)C12.